The van der Waals surface area contributed by atoms with Gasteiger partial charge in [0, 0.05) is 11.1 Å². The fraction of sp³-hybridized carbons (Fsp3) is 0.308. The number of aromatic nitrogens is 2. The highest BCUT2D eigenvalue weighted by atomic mass is 15.4. The smallest absolute Gasteiger partial charge is 0.256 e. The van der Waals surface area contributed by atoms with Crippen LogP contribution in [0.15, 0.2) is 36.5 Å². The van der Waals surface area contributed by atoms with Crippen LogP contribution < -0.4 is 15.8 Å². The lowest BCUT2D eigenvalue weighted by atomic mass is 9.93. The molecule has 0 radical (unpaired) electrons. The predicted molar refractivity (Wildman–Crippen MR) is 70.2 cm³/mol. The fourth-order valence-corrected chi connectivity index (χ4v) is 1.39. The number of hydrazine groups is 1. The minimum atomic E-state index is 0.0268. The molecule has 1 aromatic carbocycles. The lowest BCUT2D eigenvalue weighted by Gasteiger charge is -2.20. The largest absolute Gasteiger partial charge is 0.375 e. The number of nitrogens with one attached hydrogen (secondary N) is 4. The van der Waals surface area contributed by atoms with Crippen molar-refractivity contribution in [3.05, 3.63) is 36.5 Å². The standard InChI is InChI=1S/C13H18N4/c1-9(13(2,3)4)16-17-12-14-10-7-5-6-8-11(10)15-12/h5-8,16H,1H2,2-4H3,(H2,14,15,17)/p+1. The van der Waals surface area contributed by atoms with Crippen LogP contribution in [-0.4, -0.2) is 4.98 Å². The van der Waals surface area contributed by atoms with Gasteiger partial charge in [-0.3, -0.25) is 5.43 Å². The number of benzene rings is 1. The van der Waals surface area contributed by atoms with E-state index in [9.17, 15) is 0 Å². The number of hydrogen-bond acceptors (Lipinski definition) is 2. The van der Waals surface area contributed by atoms with Crippen LogP contribution in [0, 0.1) is 5.41 Å². The van der Waals surface area contributed by atoms with Gasteiger partial charge in [-0.25, -0.2) is 9.97 Å². The van der Waals surface area contributed by atoms with Crippen molar-refractivity contribution in [2.75, 3.05) is 5.43 Å². The van der Waals surface area contributed by atoms with Crippen molar-refractivity contribution in [1.29, 1.82) is 0 Å². The number of imidazole rings is 1. The highest BCUT2D eigenvalue weighted by molar-refractivity contribution is 5.72. The molecule has 90 valence electrons. The molecule has 0 aliphatic heterocycles. The van der Waals surface area contributed by atoms with E-state index >= 15 is 0 Å². The van der Waals surface area contributed by atoms with E-state index in [1.807, 2.05) is 24.3 Å². The van der Waals surface area contributed by atoms with Crippen molar-refractivity contribution in [3.63, 3.8) is 0 Å². The second kappa shape index (κ2) is 4.13. The summed E-state index contributed by atoms with van der Waals surface area (Å²) in [5.41, 5.74) is 9.27. The normalized spacial score (nSPS) is 11.5. The number of anilines is 1. The van der Waals surface area contributed by atoms with E-state index in [0.717, 1.165) is 22.7 Å². The topological polar surface area (TPSA) is 54.0 Å². The van der Waals surface area contributed by atoms with Crippen LogP contribution in [0.1, 0.15) is 20.8 Å². The fourth-order valence-electron chi connectivity index (χ4n) is 1.39. The Morgan fingerprint density at radius 1 is 1.29 bits per heavy atom. The summed E-state index contributed by atoms with van der Waals surface area (Å²) in [6.07, 6.45) is 0. The first kappa shape index (κ1) is 11.5. The van der Waals surface area contributed by atoms with E-state index < -0.39 is 0 Å². The van der Waals surface area contributed by atoms with Gasteiger partial charge < -0.3 is 0 Å². The number of allylic oxidation sites excluding steroid dienone is 1. The quantitative estimate of drug-likeness (QED) is 0.711. The van der Waals surface area contributed by atoms with Crippen molar-refractivity contribution in [1.82, 2.24) is 10.4 Å². The third kappa shape index (κ3) is 2.58. The van der Waals surface area contributed by atoms with Crippen LogP contribution >= 0.6 is 0 Å². The number of fused-ring (bicyclic) bond motifs is 1. The van der Waals surface area contributed by atoms with E-state index in [4.69, 9.17) is 0 Å². The molecule has 0 saturated carbocycles. The van der Waals surface area contributed by atoms with E-state index in [0.29, 0.717) is 0 Å². The highest BCUT2D eigenvalue weighted by Gasteiger charge is 2.16. The summed E-state index contributed by atoms with van der Waals surface area (Å²) in [7, 11) is 0. The van der Waals surface area contributed by atoms with Crippen molar-refractivity contribution in [2.45, 2.75) is 20.8 Å². The molecule has 0 atom stereocenters. The maximum Gasteiger partial charge on any atom is 0.375 e. The van der Waals surface area contributed by atoms with Crippen LogP contribution in [0.2, 0.25) is 0 Å². The maximum absolute atomic E-state index is 3.99. The molecule has 2 rings (SSSR count). The van der Waals surface area contributed by atoms with Gasteiger partial charge in [-0.05, 0) is 12.1 Å². The van der Waals surface area contributed by atoms with Gasteiger partial charge in [-0.15, -0.1) is 0 Å². The van der Waals surface area contributed by atoms with Gasteiger partial charge in [-0.2, -0.15) is 5.43 Å². The van der Waals surface area contributed by atoms with E-state index in [2.05, 4.69) is 48.2 Å². The zero-order valence-corrected chi connectivity index (χ0v) is 10.5. The Kier molecular flexibility index (Phi) is 2.79. The summed E-state index contributed by atoms with van der Waals surface area (Å²) in [5.74, 6) is 0.816. The lowest BCUT2D eigenvalue weighted by molar-refractivity contribution is -0.327. The molecule has 2 aromatic rings. The molecular formula is C13H19N4+. The van der Waals surface area contributed by atoms with E-state index in [-0.39, 0.29) is 5.41 Å². The molecule has 17 heavy (non-hydrogen) atoms. The molecule has 0 unspecified atom stereocenters. The number of H-pyrrole nitrogens is 2. The Morgan fingerprint density at radius 2 is 2.00 bits per heavy atom. The molecule has 1 heterocycles. The molecule has 0 saturated heterocycles. The Hall–Kier alpha value is -1.97. The molecule has 0 amide bonds. The summed E-state index contributed by atoms with van der Waals surface area (Å²) in [6.45, 7) is 10.3. The first-order valence-electron chi connectivity index (χ1n) is 5.68. The Balaban J connectivity index is 2.07. The molecule has 0 aliphatic rings. The minimum Gasteiger partial charge on any atom is -0.256 e. The van der Waals surface area contributed by atoms with Gasteiger partial charge in [0.2, 0.25) is 0 Å². The zero-order chi connectivity index (χ0) is 12.5. The average Bonchev–Trinajstić information content (AvgIpc) is 2.66. The molecule has 0 bridgehead atoms. The van der Waals surface area contributed by atoms with Crippen LogP contribution in [0.4, 0.5) is 5.95 Å². The number of hydrogen-bond donors (Lipinski definition) is 3. The molecule has 4 N–H and O–H groups in total. The molecule has 0 spiro atoms. The lowest BCUT2D eigenvalue weighted by Crippen LogP contribution is -2.30. The first-order chi connectivity index (χ1) is 7.97. The third-order valence-electron chi connectivity index (χ3n) is 2.69. The predicted octanol–water partition coefficient (Wildman–Crippen LogP) is 2.46. The highest BCUT2D eigenvalue weighted by Crippen LogP contribution is 2.20. The Bertz CT molecular complexity index is 501. The van der Waals surface area contributed by atoms with E-state index in [1.165, 1.54) is 0 Å². The Morgan fingerprint density at radius 3 is 2.65 bits per heavy atom. The zero-order valence-electron chi connectivity index (χ0n) is 10.5. The van der Waals surface area contributed by atoms with Gasteiger partial charge in [0.05, 0.1) is 0 Å². The van der Waals surface area contributed by atoms with Crippen LogP contribution in [-0.2, 0) is 0 Å². The van der Waals surface area contributed by atoms with Gasteiger partial charge >= 0.3 is 5.95 Å². The molecule has 1 aromatic heterocycles. The van der Waals surface area contributed by atoms with Gasteiger partial charge in [0.25, 0.3) is 0 Å². The summed E-state index contributed by atoms with van der Waals surface area (Å²) in [4.78, 5) is 6.46. The SMILES string of the molecule is C=C(NNc1[nH]c2ccccc2[nH+]1)C(C)(C)C. The number of aromatic amines is 2. The second-order valence-corrected chi connectivity index (χ2v) is 5.15. The van der Waals surface area contributed by atoms with Gasteiger partial charge in [0.1, 0.15) is 11.0 Å². The molecule has 4 heteroatoms. The molecule has 0 aliphatic carbocycles. The van der Waals surface area contributed by atoms with Crippen molar-refractivity contribution < 1.29 is 4.98 Å². The monoisotopic (exact) mass is 231 g/mol. The first-order valence-corrected chi connectivity index (χ1v) is 5.68. The van der Waals surface area contributed by atoms with Gasteiger partial charge in [-0.1, -0.05) is 39.5 Å². The molecule has 4 nitrogen and oxygen atoms in total. The van der Waals surface area contributed by atoms with Crippen molar-refractivity contribution in [2.24, 2.45) is 5.41 Å². The number of para-hydroxylation sites is 2. The minimum absolute atomic E-state index is 0.0268. The summed E-state index contributed by atoms with van der Waals surface area (Å²) in [5, 5.41) is 0. The van der Waals surface area contributed by atoms with Crippen molar-refractivity contribution >= 4 is 17.0 Å². The van der Waals surface area contributed by atoms with Crippen LogP contribution in [0.25, 0.3) is 11.0 Å². The summed E-state index contributed by atoms with van der Waals surface area (Å²) in [6, 6.07) is 8.04. The second-order valence-electron chi connectivity index (χ2n) is 5.15. The van der Waals surface area contributed by atoms with Crippen molar-refractivity contribution in [3.8, 4) is 0 Å². The van der Waals surface area contributed by atoms with Gasteiger partial charge in [0.15, 0.2) is 0 Å². The summed E-state index contributed by atoms with van der Waals surface area (Å²) >= 11 is 0. The average molecular weight is 231 g/mol. The number of rotatable bonds is 3. The van der Waals surface area contributed by atoms with Crippen LogP contribution in [0.5, 0.6) is 0 Å². The van der Waals surface area contributed by atoms with Crippen LogP contribution in [0.3, 0.4) is 0 Å². The summed E-state index contributed by atoms with van der Waals surface area (Å²) < 4.78 is 0. The molecular weight excluding hydrogens is 212 g/mol. The van der Waals surface area contributed by atoms with E-state index in [1.54, 1.807) is 0 Å². The molecule has 0 fully saturated rings. The third-order valence-corrected chi connectivity index (χ3v) is 2.69. The maximum atomic E-state index is 3.99. The Labute approximate surface area is 101 Å².